The summed E-state index contributed by atoms with van der Waals surface area (Å²) in [4.78, 5) is 2.33. The molecule has 1 heterocycles. The Morgan fingerprint density at radius 3 is 2.50 bits per heavy atom. The zero-order chi connectivity index (χ0) is 24.1. The normalized spacial score (nSPS) is 14.6. The standard InChI is InChI=1S/C27H35N3O4/c1-19(2)33-18-23(31)16-29(21-13-14-21)17-26-20(3)28-30(22-9-6-5-7-10-22)27(26)34-25-12-8-11-24(15-25)32-4/h5-12,15,19,21,23,31H,13-14,16-18H2,1-4H3. The fraction of sp³-hybridized carbons (Fsp3) is 0.444. The molecule has 1 N–H and O–H groups in total. The van der Waals surface area contributed by atoms with Crippen LogP contribution < -0.4 is 9.47 Å². The minimum Gasteiger partial charge on any atom is -0.497 e. The third-order valence-corrected chi connectivity index (χ3v) is 5.89. The third-order valence-electron chi connectivity index (χ3n) is 5.89. The Kier molecular flexibility index (Phi) is 7.88. The highest BCUT2D eigenvalue weighted by molar-refractivity contribution is 5.44. The Morgan fingerprint density at radius 2 is 1.82 bits per heavy atom. The van der Waals surface area contributed by atoms with Crippen LogP contribution in [-0.2, 0) is 11.3 Å². The predicted molar refractivity (Wildman–Crippen MR) is 132 cm³/mol. The van der Waals surface area contributed by atoms with Crippen molar-refractivity contribution in [1.82, 2.24) is 14.7 Å². The molecule has 0 bridgehead atoms. The van der Waals surface area contributed by atoms with E-state index in [0.29, 0.717) is 37.4 Å². The second-order valence-electron chi connectivity index (χ2n) is 9.09. The van der Waals surface area contributed by atoms with Gasteiger partial charge in [-0.15, -0.1) is 0 Å². The van der Waals surface area contributed by atoms with E-state index in [9.17, 15) is 5.11 Å². The summed E-state index contributed by atoms with van der Waals surface area (Å²) < 4.78 is 19.3. The van der Waals surface area contributed by atoms with Crippen LogP contribution in [0.1, 0.15) is 37.9 Å². The number of aliphatic hydroxyl groups is 1. The van der Waals surface area contributed by atoms with Crippen LogP contribution in [0.2, 0.25) is 0 Å². The lowest BCUT2D eigenvalue weighted by Crippen LogP contribution is -2.36. The molecule has 1 saturated carbocycles. The number of para-hydroxylation sites is 1. The first kappa shape index (κ1) is 24.3. The van der Waals surface area contributed by atoms with Gasteiger partial charge in [0.1, 0.15) is 11.5 Å². The first-order valence-corrected chi connectivity index (χ1v) is 11.9. The molecule has 3 aromatic rings. The average molecular weight is 466 g/mol. The number of aliphatic hydroxyl groups excluding tert-OH is 1. The number of aromatic nitrogens is 2. The summed E-state index contributed by atoms with van der Waals surface area (Å²) in [7, 11) is 1.64. The Hall–Kier alpha value is -2.87. The molecule has 1 atom stereocenters. The fourth-order valence-corrected chi connectivity index (χ4v) is 3.96. The van der Waals surface area contributed by atoms with Gasteiger partial charge in [-0.2, -0.15) is 5.10 Å². The monoisotopic (exact) mass is 465 g/mol. The van der Waals surface area contributed by atoms with Crippen molar-refractivity contribution in [3.05, 3.63) is 65.9 Å². The fourth-order valence-electron chi connectivity index (χ4n) is 3.96. The van der Waals surface area contributed by atoms with Gasteiger partial charge in [0.2, 0.25) is 5.88 Å². The quantitative estimate of drug-likeness (QED) is 0.417. The van der Waals surface area contributed by atoms with Crippen LogP contribution in [0.25, 0.3) is 5.69 Å². The highest BCUT2D eigenvalue weighted by Gasteiger charge is 2.32. The summed E-state index contributed by atoms with van der Waals surface area (Å²) in [5.41, 5.74) is 2.84. The highest BCUT2D eigenvalue weighted by atomic mass is 16.5. The molecule has 1 aliphatic carbocycles. The average Bonchev–Trinajstić information content (AvgIpc) is 3.64. The predicted octanol–water partition coefficient (Wildman–Crippen LogP) is 4.73. The van der Waals surface area contributed by atoms with Crippen molar-refractivity contribution in [2.24, 2.45) is 0 Å². The number of aryl methyl sites for hydroxylation is 1. The van der Waals surface area contributed by atoms with Crippen molar-refractivity contribution in [3.8, 4) is 23.1 Å². The van der Waals surface area contributed by atoms with Crippen molar-refractivity contribution in [1.29, 1.82) is 0 Å². The van der Waals surface area contributed by atoms with Crippen molar-refractivity contribution >= 4 is 0 Å². The molecule has 1 aliphatic rings. The number of ether oxygens (including phenoxy) is 3. The van der Waals surface area contributed by atoms with Crippen LogP contribution in [0.3, 0.4) is 0 Å². The number of nitrogens with zero attached hydrogens (tertiary/aromatic N) is 3. The van der Waals surface area contributed by atoms with Crippen molar-refractivity contribution in [3.63, 3.8) is 0 Å². The van der Waals surface area contributed by atoms with Gasteiger partial charge in [0.05, 0.1) is 42.9 Å². The Bertz CT molecular complexity index is 1060. The topological polar surface area (TPSA) is 69.0 Å². The van der Waals surface area contributed by atoms with Crippen molar-refractivity contribution in [2.75, 3.05) is 20.3 Å². The SMILES string of the molecule is COc1cccc(Oc2c(CN(CC(O)COC(C)C)C3CC3)c(C)nn2-c2ccccc2)c1. The van der Waals surface area contributed by atoms with E-state index in [4.69, 9.17) is 19.3 Å². The van der Waals surface area contributed by atoms with E-state index in [2.05, 4.69) is 4.90 Å². The van der Waals surface area contributed by atoms with E-state index in [1.807, 2.05) is 80.1 Å². The molecular weight excluding hydrogens is 430 g/mol. The largest absolute Gasteiger partial charge is 0.497 e. The first-order chi connectivity index (χ1) is 16.4. The molecule has 0 spiro atoms. The second kappa shape index (κ2) is 11.0. The smallest absolute Gasteiger partial charge is 0.227 e. The number of benzene rings is 2. The lowest BCUT2D eigenvalue weighted by Gasteiger charge is -2.25. The van der Waals surface area contributed by atoms with Crippen molar-refractivity contribution in [2.45, 2.75) is 58.4 Å². The summed E-state index contributed by atoms with van der Waals surface area (Å²) in [6, 6.07) is 18.0. The molecule has 1 unspecified atom stereocenters. The lowest BCUT2D eigenvalue weighted by molar-refractivity contribution is -0.0107. The van der Waals surface area contributed by atoms with E-state index < -0.39 is 6.10 Å². The molecule has 1 aromatic heterocycles. The van der Waals surface area contributed by atoms with Crippen molar-refractivity contribution < 1.29 is 19.3 Å². The van der Waals surface area contributed by atoms with Gasteiger partial charge in [-0.05, 0) is 57.9 Å². The van der Waals surface area contributed by atoms with E-state index in [-0.39, 0.29) is 6.10 Å². The molecule has 1 fully saturated rings. The maximum atomic E-state index is 10.6. The van der Waals surface area contributed by atoms with Gasteiger partial charge in [0.25, 0.3) is 0 Å². The molecule has 182 valence electrons. The number of hydrogen-bond donors (Lipinski definition) is 1. The van der Waals surface area contributed by atoms with Crippen LogP contribution in [0.15, 0.2) is 54.6 Å². The van der Waals surface area contributed by atoms with Gasteiger partial charge < -0.3 is 19.3 Å². The molecule has 4 rings (SSSR count). The van der Waals surface area contributed by atoms with E-state index >= 15 is 0 Å². The number of rotatable bonds is 12. The lowest BCUT2D eigenvalue weighted by atomic mass is 10.2. The van der Waals surface area contributed by atoms with Gasteiger partial charge in [-0.3, -0.25) is 4.90 Å². The van der Waals surface area contributed by atoms with Gasteiger partial charge in [-0.25, -0.2) is 4.68 Å². The van der Waals surface area contributed by atoms with Crippen LogP contribution in [0, 0.1) is 6.92 Å². The highest BCUT2D eigenvalue weighted by Crippen LogP contribution is 2.35. The molecule has 34 heavy (non-hydrogen) atoms. The molecule has 0 amide bonds. The van der Waals surface area contributed by atoms with Gasteiger partial charge in [0.15, 0.2) is 0 Å². The van der Waals surface area contributed by atoms with Crippen LogP contribution >= 0.6 is 0 Å². The number of methoxy groups -OCH3 is 1. The minimum atomic E-state index is -0.546. The Balaban J connectivity index is 1.64. The summed E-state index contributed by atoms with van der Waals surface area (Å²) in [5.74, 6) is 2.09. The Morgan fingerprint density at radius 1 is 1.09 bits per heavy atom. The molecule has 0 aliphatic heterocycles. The molecular formula is C27H35N3O4. The van der Waals surface area contributed by atoms with Crippen LogP contribution in [0.4, 0.5) is 0 Å². The maximum absolute atomic E-state index is 10.6. The summed E-state index contributed by atoms with van der Waals surface area (Å²) in [6.45, 7) is 7.49. The molecule has 7 heteroatoms. The summed E-state index contributed by atoms with van der Waals surface area (Å²) >= 11 is 0. The van der Waals surface area contributed by atoms with E-state index in [1.165, 1.54) is 0 Å². The van der Waals surface area contributed by atoms with Gasteiger partial charge in [0, 0.05) is 25.2 Å². The molecule has 7 nitrogen and oxygen atoms in total. The minimum absolute atomic E-state index is 0.0956. The van der Waals surface area contributed by atoms with Gasteiger partial charge in [-0.1, -0.05) is 24.3 Å². The van der Waals surface area contributed by atoms with Gasteiger partial charge >= 0.3 is 0 Å². The summed E-state index contributed by atoms with van der Waals surface area (Å²) in [6.07, 6.45) is 1.82. The molecule has 0 saturated heterocycles. The molecule has 2 aromatic carbocycles. The second-order valence-corrected chi connectivity index (χ2v) is 9.09. The van der Waals surface area contributed by atoms with Crippen LogP contribution in [-0.4, -0.2) is 58.3 Å². The number of hydrogen-bond acceptors (Lipinski definition) is 6. The third kappa shape index (κ3) is 6.17. The Labute approximate surface area is 201 Å². The maximum Gasteiger partial charge on any atom is 0.227 e. The molecule has 0 radical (unpaired) electrons. The zero-order valence-corrected chi connectivity index (χ0v) is 20.5. The zero-order valence-electron chi connectivity index (χ0n) is 20.5. The summed E-state index contributed by atoms with van der Waals surface area (Å²) in [5, 5.41) is 15.4. The first-order valence-electron chi connectivity index (χ1n) is 11.9. The van der Waals surface area contributed by atoms with E-state index in [1.54, 1.807) is 7.11 Å². The van der Waals surface area contributed by atoms with Crippen LogP contribution in [0.5, 0.6) is 17.4 Å². The van der Waals surface area contributed by atoms with E-state index in [0.717, 1.165) is 35.5 Å².